The van der Waals surface area contributed by atoms with Gasteiger partial charge in [-0.05, 0) is 49.6 Å². The van der Waals surface area contributed by atoms with Gasteiger partial charge in [0.1, 0.15) is 5.82 Å². The maximum Gasteiger partial charge on any atom is 0.258 e. The summed E-state index contributed by atoms with van der Waals surface area (Å²) in [7, 11) is 0. The summed E-state index contributed by atoms with van der Waals surface area (Å²) < 4.78 is 0. The molecule has 1 aliphatic rings. The van der Waals surface area contributed by atoms with Crippen LogP contribution in [0.5, 0.6) is 0 Å². The van der Waals surface area contributed by atoms with E-state index >= 15 is 0 Å². The highest BCUT2D eigenvalue weighted by atomic mass is 35.5. The molecule has 5 nitrogen and oxygen atoms in total. The van der Waals surface area contributed by atoms with Crippen LogP contribution in [0.3, 0.4) is 0 Å². The predicted molar refractivity (Wildman–Crippen MR) is 88.2 cm³/mol. The number of benzene rings is 1. The van der Waals surface area contributed by atoms with Crippen LogP contribution in [-0.4, -0.2) is 10.9 Å². The molecule has 0 radical (unpaired) electrons. The van der Waals surface area contributed by atoms with Gasteiger partial charge in [-0.2, -0.15) is 0 Å². The second-order valence-corrected chi connectivity index (χ2v) is 5.90. The van der Waals surface area contributed by atoms with Crippen LogP contribution in [0.1, 0.15) is 40.4 Å². The number of amides is 1. The van der Waals surface area contributed by atoms with Gasteiger partial charge in [0.2, 0.25) is 0 Å². The number of nitrogens with one attached hydrogen (secondary N) is 2. The van der Waals surface area contributed by atoms with Crippen molar-refractivity contribution < 1.29 is 4.79 Å². The molecule has 0 unspecified atom stereocenters. The third-order valence-electron chi connectivity index (χ3n) is 3.72. The second kappa shape index (κ2) is 5.94. The molecule has 3 rings (SSSR count). The van der Waals surface area contributed by atoms with Gasteiger partial charge in [0.15, 0.2) is 0 Å². The van der Waals surface area contributed by atoms with Crippen molar-refractivity contribution in [1.82, 2.24) is 4.98 Å². The number of pyridine rings is 1. The van der Waals surface area contributed by atoms with E-state index in [1.165, 1.54) is 12.8 Å². The van der Waals surface area contributed by atoms with Crippen molar-refractivity contribution in [3.8, 4) is 0 Å². The van der Waals surface area contributed by atoms with Gasteiger partial charge < -0.3 is 10.7 Å². The molecule has 114 valence electrons. The minimum absolute atomic E-state index is 0.275. The Kier molecular flexibility index (Phi) is 4.00. The quantitative estimate of drug-likeness (QED) is 0.596. The molecule has 1 heterocycles. The number of aryl methyl sites for hydroxylation is 1. The van der Waals surface area contributed by atoms with Crippen molar-refractivity contribution in [1.29, 1.82) is 0 Å². The maximum absolute atomic E-state index is 12.4. The summed E-state index contributed by atoms with van der Waals surface area (Å²) in [5, 5.41) is 3.32. The Morgan fingerprint density at radius 3 is 2.77 bits per heavy atom. The number of hydrazine groups is 1. The zero-order chi connectivity index (χ0) is 15.7. The van der Waals surface area contributed by atoms with Crippen molar-refractivity contribution in [3.05, 3.63) is 52.2 Å². The van der Waals surface area contributed by atoms with Crippen molar-refractivity contribution in [3.63, 3.8) is 0 Å². The van der Waals surface area contributed by atoms with E-state index in [0.29, 0.717) is 28.0 Å². The van der Waals surface area contributed by atoms with Gasteiger partial charge in [0.25, 0.3) is 5.91 Å². The lowest BCUT2D eigenvalue weighted by molar-refractivity contribution is 0.102. The Labute approximate surface area is 133 Å². The number of carbonyl (C=O) groups excluding carboxylic acids is 1. The van der Waals surface area contributed by atoms with E-state index in [1.54, 1.807) is 18.2 Å². The predicted octanol–water partition coefficient (Wildman–Crippen LogP) is 3.46. The van der Waals surface area contributed by atoms with E-state index in [-0.39, 0.29) is 5.91 Å². The third kappa shape index (κ3) is 3.05. The van der Waals surface area contributed by atoms with E-state index in [0.717, 1.165) is 11.3 Å². The maximum atomic E-state index is 12.4. The second-order valence-electron chi connectivity index (χ2n) is 5.46. The molecular weight excluding hydrogens is 300 g/mol. The molecule has 2 aromatic rings. The van der Waals surface area contributed by atoms with E-state index in [4.69, 9.17) is 17.4 Å². The first kappa shape index (κ1) is 14.8. The summed E-state index contributed by atoms with van der Waals surface area (Å²) in [6.45, 7) is 2.04. The van der Waals surface area contributed by atoms with Crippen molar-refractivity contribution in [2.24, 2.45) is 5.84 Å². The first-order valence-electron chi connectivity index (χ1n) is 7.13. The molecule has 0 saturated heterocycles. The average Bonchev–Trinajstić information content (AvgIpc) is 3.33. The standard InChI is InChI=1S/C16H17ClN4O/c1-9-2-7-14(19-15(9)10-3-4-10)20-16(22)12-6-5-11(17)8-13(12)21-18/h2,5-8,10,21H,3-4,18H2,1H3,(H,19,20,22). The SMILES string of the molecule is Cc1ccc(NC(=O)c2ccc(Cl)cc2NN)nc1C1CC1. The molecule has 6 heteroatoms. The van der Waals surface area contributed by atoms with E-state index in [9.17, 15) is 4.79 Å². The monoisotopic (exact) mass is 316 g/mol. The van der Waals surface area contributed by atoms with Gasteiger partial charge in [-0.1, -0.05) is 17.7 Å². The fraction of sp³-hybridized carbons (Fsp3) is 0.250. The number of hydrogen-bond acceptors (Lipinski definition) is 4. The Hall–Kier alpha value is -2.11. The van der Waals surface area contributed by atoms with Crippen LogP contribution in [0.15, 0.2) is 30.3 Å². The van der Waals surface area contributed by atoms with E-state index in [2.05, 4.69) is 15.7 Å². The third-order valence-corrected chi connectivity index (χ3v) is 3.96. The molecule has 1 fully saturated rings. The molecule has 1 aromatic carbocycles. The first-order valence-corrected chi connectivity index (χ1v) is 7.51. The summed E-state index contributed by atoms with van der Waals surface area (Å²) in [5.41, 5.74) is 5.61. The minimum Gasteiger partial charge on any atom is -0.323 e. The van der Waals surface area contributed by atoms with Crippen molar-refractivity contribution in [2.45, 2.75) is 25.7 Å². The molecule has 0 atom stereocenters. The summed E-state index contributed by atoms with van der Waals surface area (Å²) in [5.74, 6) is 6.25. The van der Waals surface area contributed by atoms with Crippen molar-refractivity contribution >= 4 is 29.0 Å². The Bertz CT molecular complexity index is 728. The fourth-order valence-electron chi connectivity index (χ4n) is 2.40. The molecule has 1 aromatic heterocycles. The normalized spacial score (nSPS) is 13.8. The first-order chi connectivity index (χ1) is 10.6. The highest BCUT2D eigenvalue weighted by molar-refractivity contribution is 6.31. The number of anilines is 2. The number of nitrogens with two attached hydrogens (primary N) is 1. The number of halogens is 1. The number of carbonyl (C=O) groups is 1. The van der Waals surface area contributed by atoms with Crippen LogP contribution < -0.4 is 16.6 Å². The summed E-state index contributed by atoms with van der Waals surface area (Å²) in [6.07, 6.45) is 2.34. The van der Waals surface area contributed by atoms with E-state index in [1.807, 2.05) is 19.1 Å². The molecule has 0 spiro atoms. The number of nitrogen functional groups attached to an aromatic ring is 1. The lowest BCUT2D eigenvalue weighted by Crippen LogP contribution is -2.18. The Morgan fingerprint density at radius 2 is 2.09 bits per heavy atom. The van der Waals surface area contributed by atoms with Crippen LogP contribution in [0, 0.1) is 6.92 Å². The smallest absolute Gasteiger partial charge is 0.258 e. The van der Waals surface area contributed by atoms with Gasteiger partial charge in [-0.3, -0.25) is 10.6 Å². The zero-order valence-electron chi connectivity index (χ0n) is 12.2. The van der Waals surface area contributed by atoms with Gasteiger partial charge in [0, 0.05) is 16.6 Å². The zero-order valence-corrected chi connectivity index (χ0v) is 12.9. The Morgan fingerprint density at radius 1 is 1.32 bits per heavy atom. The largest absolute Gasteiger partial charge is 0.323 e. The number of aromatic nitrogens is 1. The molecule has 0 aliphatic heterocycles. The number of nitrogens with zero attached hydrogens (tertiary/aromatic N) is 1. The topological polar surface area (TPSA) is 80.0 Å². The summed E-state index contributed by atoms with van der Waals surface area (Å²) >= 11 is 5.90. The molecule has 4 N–H and O–H groups in total. The molecule has 1 aliphatic carbocycles. The van der Waals surface area contributed by atoms with Crippen LogP contribution in [0.4, 0.5) is 11.5 Å². The van der Waals surface area contributed by atoms with E-state index < -0.39 is 0 Å². The summed E-state index contributed by atoms with van der Waals surface area (Å²) in [4.78, 5) is 17.0. The van der Waals surface area contributed by atoms with Gasteiger partial charge in [-0.15, -0.1) is 0 Å². The van der Waals surface area contributed by atoms with Crippen LogP contribution in [0.25, 0.3) is 0 Å². The average molecular weight is 317 g/mol. The number of rotatable bonds is 4. The Balaban J connectivity index is 1.84. The van der Waals surface area contributed by atoms with Crippen LogP contribution >= 0.6 is 11.6 Å². The van der Waals surface area contributed by atoms with Crippen LogP contribution in [-0.2, 0) is 0 Å². The number of hydrogen-bond donors (Lipinski definition) is 3. The fourth-order valence-corrected chi connectivity index (χ4v) is 2.57. The van der Waals surface area contributed by atoms with Gasteiger partial charge in [0.05, 0.1) is 11.3 Å². The van der Waals surface area contributed by atoms with Gasteiger partial charge >= 0.3 is 0 Å². The van der Waals surface area contributed by atoms with Crippen LogP contribution in [0.2, 0.25) is 5.02 Å². The highest BCUT2D eigenvalue weighted by Gasteiger charge is 2.27. The lowest BCUT2D eigenvalue weighted by Gasteiger charge is -2.11. The molecule has 22 heavy (non-hydrogen) atoms. The molecular formula is C16H17ClN4O. The van der Waals surface area contributed by atoms with Crippen molar-refractivity contribution in [2.75, 3.05) is 10.7 Å². The molecule has 1 amide bonds. The van der Waals surface area contributed by atoms with Gasteiger partial charge in [-0.25, -0.2) is 4.98 Å². The lowest BCUT2D eigenvalue weighted by atomic mass is 10.1. The highest BCUT2D eigenvalue weighted by Crippen LogP contribution is 2.40. The minimum atomic E-state index is -0.275. The molecule has 0 bridgehead atoms. The molecule has 1 saturated carbocycles. The summed E-state index contributed by atoms with van der Waals surface area (Å²) in [6, 6.07) is 8.68.